The first-order chi connectivity index (χ1) is 26.2. The number of furan rings is 1. The topological polar surface area (TPSA) is 38.9 Å². The number of para-hydroxylation sites is 1. The average molecular weight is 677 g/mol. The summed E-state index contributed by atoms with van der Waals surface area (Å²) in [6, 6.07) is 68.2. The zero-order valence-corrected chi connectivity index (χ0v) is 28.8. The Kier molecular flexibility index (Phi) is 7.47. The Bertz CT molecular complexity index is 2860. The lowest BCUT2D eigenvalue weighted by Crippen LogP contribution is -1.96. The molecule has 53 heavy (non-hydrogen) atoms. The lowest BCUT2D eigenvalue weighted by molar-refractivity contribution is 0.669. The average Bonchev–Trinajstić information content (AvgIpc) is 3.62. The van der Waals surface area contributed by atoms with Gasteiger partial charge in [0.25, 0.3) is 0 Å². The molecule has 0 atom stereocenters. The summed E-state index contributed by atoms with van der Waals surface area (Å²) in [7, 11) is 0. The van der Waals surface area contributed by atoms with E-state index in [2.05, 4.69) is 146 Å². The van der Waals surface area contributed by atoms with Crippen molar-refractivity contribution in [1.29, 1.82) is 0 Å². The number of hydrogen-bond donors (Lipinski definition) is 0. The largest absolute Gasteiger partial charge is 0.456 e. The van der Waals surface area contributed by atoms with Crippen molar-refractivity contribution >= 4 is 32.7 Å². The predicted molar refractivity (Wildman–Crippen MR) is 219 cm³/mol. The van der Waals surface area contributed by atoms with Crippen LogP contribution in [0.3, 0.4) is 0 Å². The van der Waals surface area contributed by atoms with Gasteiger partial charge >= 0.3 is 0 Å². The monoisotopic (exact) mass is 676 g/mol. The van der Waals surface area contributed by atoms with Crippen molar-refractivity contribution in [2.45, 2.75) is 0 Å². The molecule has 0 amide bonds. The second-order valence-electron chi connectivity index (χ2n) is 13.4. The fourth-order valence-corrected chi connectivity index (χ4v) is 7.40. The predicted octanol–water partition coefficient (Wildman–Crippen LogP) is 13.5. The van der Waals surface area contributed by atoms with Gasteiger partial charge in [-0.1, -0.05) is 152 Å². The standard InChI is InChI=1S/C50H32N2O/c1-3-13-36(14-4-1)46-32-47(52-50(51-46)37-15-5-2-6-16-37)41-29-39(33-22-24-35(25-23-33)43-20-11-17-34-12-7-8-18-42(34)43)28-40(30-41)38-26-27-45-44-19-9-10-21-48(44)53-49(45)31-38/h1-32H. The van der Waals surface area contributed by atoms with Crippen LogP contribution in [0.2, 0.25) is 0 Å². The highest BCUT2D eigenvalue weighted by Crippen LogP contribution is 2.38. The van der Waals surface area contributed by atoms with Gasteiger partial charge in [0, 0.05) is 27.5 Å². The Morgan fingerprint density at radius 2 is 0.868 bits per heavy atom. The number of aromatic nitrogens is 2. The highest BCUT2D eigenvalue weighted by molar-refractivity contribution is 6.06. The van der Waals surface area contributed by atoms with E-state index in [4.69, 9.17) is 14.4 Å². The first-order valence-electron chi connectivity index (χ1n) is 17.9. The second-order valence-corrected chi connectivity index (χ2v) is 13.4. The first kappa shape index (κ1) is 30.7. The van der Waals surface area contributed by atoms with Crippen LogP contribution in [0.4, 0.5) is 0 Å². The summed E-state index contributed by atoms with van der Waals surface area (Å²) in [5.74, 6) is 0.692. The van der Waals surface area contributed by atoms with Gasteiger partial charge in [0.15, 0.2) is 5.82 Å². The Morgan fingerprint density at radius 1 is 0.302 bits per heavy atom. The van der Waals surface area contributed by atoms with Crippen molar-refractivity contribution < 1.29 is 4.42 Å². The smallest absolute Gasteiger partial charge is 0.160 e. The fourth-order valence-electron chi connectivity index (χ4n) is 7.40. The molecule has 2 aromatic heterocycles. The number of benzene rings is 8. The van der Waals surface area contributed by atoms with Gasteiger partial charge < -0.3 is 4.42 Å². The van der Waals surface area contributed by atoms with Gasteiger partial charge in [-0.15, -0.1) is 0 Å². The quantitative estimate of drug-likeness (QED) is 0.176. The maximum Gasteiger partial charge on any atom is 0.160 e. The van der Waals surface area contributed by atoms with E-state index >= 15 is 0 Å². The van der Waals surface area contributed by atoms with E-state index in [9.17, 15) is 0 Å². The zero-order chi connectivity index (χ0) is 35.1. The number of fused-ring (bicyclic) bond motifs is 4. The number of rotatable bonds is 6. The summed E-state index contributed by atoms with van der Waals surface area (Å²) in [6.07, 6.45) is 0. The van der Waals surface area contributed by atoms with Crippen LogP contribution in [0.5, 0.6) is 0 Å². The zero-order valence-electron chi connectivity index (χ0n) is 28.8. The number of hydrogen-bond acceptors (Lipinski definition) is 3. The number of nitrogens with zero attached hydrogens (tertiary/aromatic N) is 2. The van der Waals surface area contributed by atoms with Gasteiger partial charge in [-0.2, -0.15) is 0 Å². The molecule has 3 heteroatoms. The van der Waals surface area contributed by atoms with Crippen LogP contribution in [0.15, 0.2) is 199 Å². The lowest BCUT2D eigenvalue weighted by Gasteiger charge is -2.14. The highest BCUT2D eigenvalue weighted by Gasteiger charge is 2.15. The van der Waals surface area contributed by atoms with Gasteiger partial charge in [-0.3, -0.25) is 0 Å². The molecule has 0 aliphatic rings. The van der Waals surface area contributed by atoms with Crippen molar-refractivity contribution in [1.82, 2.24) is 9.97 Å². The summed E-state index contributed by atoms with van der Waals surface area (Å²) in [4.78, 5) is 10.3. The van der Waals surface area contributed by atoms with E-state index in [0.29, 0.717) is 5.82 Å². The van der Waals surface area contributed by atoms with Crippen molar-refractivity contribution in [2.75, 3.05) is 0 Å². The SMILES string of the molecule is c1ccc(-c2cc(-c3cc(-c4ccc(-c5cccc6ccccc56)cc4)cc(-c4ccc5c(c4)oc4ccccc45)c3)nc(-c3ccccc3)n2)cc1. The van der Waals surface area contributed by atoms with Crippen molar-refractivity contribution in [3.8, 4) is 67.3 Å². The normalized spacial score (nSPS) is 11.4. The highest BCUT2D eigenvalue weighted by atomic mass is 16.3. The van der Waals surface area contributed by atoms with Gasteiger partial charge in [0.1, 0.15) is 11.2 Å². The Labute approximate surface area is 307 Å². The van der Waals surface area contributed by atoms with Gasteiger partial charge in [-0.05, 0) is 86.6 Å². The van der Waals surface area contributed by atoms with Crippen LogP contribution in [0, 0.1) is 0 Å². The van der Waals surface area contributed by atoms with E-state index in [1.165, 1.54) is 21.9 Å². The van der Waals surface area contributed by atoms with Crippen LogP contribution in [-0.4, -0.2) is 9.97 Å². The molecule has 0 aliphatic carbocycles. The van der Waals surface area contributed by atoms with Crippen LogP contribution in [-0.2, 0) is 0 Å². The summed E-state index contributed by atoms with van der Waals surface area (Å²) < 4.78 is 6.34. The third kappa shape index (κ3) is 5.75. The third-order valence-corrected chi connectivity index (χ3v) is 10.1. The Morgan fingerprint density at radius 3 is 1.66 bits per heavy atom. The molecule has 0 aliphatic heterocycles. The van der Waals surface area contributed by atoms with Crippen molar-refractivity contribution in [3.63, 3.8) is 0 Å². The molecule has 10 rings (SSSR count). The molecular formula is C50H32N2O. The minimum absolute atomic E-state index is 0.692. The molecule has 0 radical (unpaired) electrons. The van der Waals surface area contributed by atoms with E-state index in [1.54, 1.807) is 0 Å². The molecule has 0 spiro atoms. The molecule has 0 fully saturated rings. The van der Waals surface area contributed by atoms with Crippen LogP contribution in [0.25, 0.3) is 100.0 Å². The van der Waals surface area contributed by atoms with E-state index in [1.807, 2.05) is 48.5 Å². The molecule has 3 nitrogen and oxygen atoms in total. The van der Waals surface area contributed by atoms with Gasteiger partial charge in [-0.25, -0.2) is 9.97 Å². The van der Waals surface area contributed by atoms with Gasteiger partial charge in [0.05, 0.1) is 11.4 Å². The molecule has 0 saturated carbocycles. The summed E-state index contributed by atoms with van der Waals surface area (Å²) in [5, 5.41) is 4.72. The minimum Gasteiger partial charge on any atom is -0.456 e. The van der Waals surface area contributed by atoms with Crippen molar-refractivity contribution in [2.24, 2.45) is 0 Å². The van der Waals surface area contributed by atoms with E-state index < -0.39 is 0 Å². The van der Waals surface area contributed by atoms with Gasteiger partial charge in [0.2, 0.25) is 0 Å². The summed E-state index contributed by atoms with van der Waals surface area (Å²) in [6.45, 7) is 0. The van der Waals surface area contributed by atoms with Crippen LogP contribution >= 0.6 is 0 Å². The summed E-state index contributed by atoms with van der Waals surface area (Å²) in [5.41, 5.74) is 13.3. The van der Waals surface area contributed by atoms with E-state index in [-0.39, 0.29) is 0 Å². The van der Waals surface area contributed by atoms with Crippen molar-refractivity contribution in [3.05, 3.63) is 194 Å². The molecule has 248 valence electrons. The maximum atomic E-state index is 6.34. The molecular weight excluding hydrogens is 645 g/mol. The van der Waals surface area contributed by atoms with Crippen LogP contribution in [0.1, 0.15) is 0 Å². The first-order valence-corrected chi connectivity index (χ1v) is 17.9. The molecule has 0 bridgehead atoms. The molecule has 8 aromatic carbocycles. The van der Waals surface area contributed by atoms with E-state index in [0.717, 1.165) is 72.3 Å². The Balaban J connectivity index is 1.15. The lowest BCUT2D eigenvalue weighted by atomic mass is 9.92. The minimum atomic E-state index is 0.692. The Hall–Kier alpha value is -7.10. The maximum absolute atomic E-state index is 6.34. The molecule has 0 unspecified atom stereocenters. The fraction of sp³-hybridized carbons (Fsp3) is 0. The third-order valence-electron chi connectivity index (χ3n) is 10.1. The second kappa shape index (κ2) is 12.9. The molecule has 10 aromatic rings. The molecule has 2 heterocycles. The summed E-state index contributed by atoms with van der Waals surface area (Å²) >= 11 is 0. The van der Waals surface area contributed by atoms with Crippen LogP contribution < -0.4 is 0 Å². The molecule has 0 saturated heterocycles. The molecule has 0 N–H and O–H groups in total.